The van der Waals surface area contributed by atoms with Crippen molar-refractivity contribution in [3.63, 3.8) is 0 Å². The fraction of sp³-hybridized carbons (Fsp3) is 0.417. The SMILES string of the molecule is CC(C)(C)C(=O)c1c(NO)c(O)n(-c2ccc(-c3ccon3)cc2)c1C1CCCCC1. The third kappa shape index (κ3) is 3.85. The van der Waals surface area contributed by atoms with Crippen LogP contribution in [0.25, 0.3) is 16.9 Å². The normalized spacial score (nSPS) is 15.2. The minimum absolute atomic E-state index is 0.0704. The number of benzene rings is 1. The van der Waals surface area contributed by atoms with E-state index in [1.807, 2.05) is 45.0 Å². The van der Waals surface area contributed by atoms with Crippen LogP contribution in [0, 0.1) is 5.41 Å². The molecule has 0 amide bonds. The highest BCUT2D eigenvalue weighted by molar-refractivity contribution is 6.07. The molecular formula is C24H29N3O4. The summed E-state index contributed by atoms with van der Waals surface area (Å²) in [5, 5.41) is 24.9. The van der Waals surface area contributed by atoms with Gasteiger partial charge in [0.25, 0.3) is 0 Å². The van der Waals surface area contributed by atoms with Gasteiger partial charge in [-0.3, -0.25) is 20.0 Å². The summed E-state index contributed by atoms with van der Waals surface area (Å²) >= 11 is 0. The molecule has 1 aliphatic carbocycles. The number of aromatic hydroxyl groups is 1. The number of anilines is 1. The average Bonchev–Trinajstić information content (AvgIpc) is 3.39. The summed E-state index contributed by atoms with van der Waals surface area (Å²) < 4.78 is 6.63. The molecule has 0 bridgehead atoms. The van der Waals surface area contributed by atoms with Gasteiger partial charge >= 0.3 is 0 Å². The van der Waals surface area contributed by atoms with Gasteiger partial charge in [0, 0.05) is 34.3 Å². The molecule has 1 aromatic carbocycles. The van der Waals surface area contributed by atoms with E-state index in [2.05, 4.69) is 10.6 Å². The second kappa shape index (κ2) is 8.23. The third-order valence-electron chi connectivity index (χ3n) is 6.05. The van der Waals surface area contributed by atoms with Gasteiger partial charge in [-0.25, -0.2) is 0 Å². The molecule has 0 radical (unpaired) electrons. The first-order chi connectivity index (χ1) is 14.8. The molecule has 1 saturated carbocycles. The van der Waals surface area contributed by atoms with E-state index in [1.54, 1.807) is 10.6 Å². The summed E-state index contributed by atoms with van der Waals surface area (Å²) in [5.74, 6) is -0.152. The molecule has 7 nitrogen and oxygen atoms in total. The zero-order valence-corrected chi connectivity index (χ0v) is 18.2. The van der Waals surface area contributed by atoms with E-state index in [0.717, 1.165) is 48.3 Å². The maximum atomic E-state index is 13.4. The second-order valence-corrected chi connectivity index (χ2v) is 9.25. The number of hydrogen-bond donors (Lipinski definition) is 3. The lowest BCUT2D eigenvalue weighted by Crippen LogP contribution is -2.24. The van der Waals surface area contributed by atoms with Crippen LogP contribution in [0.3, 0.4) is 0 Å². The predicted molar refractivity (Wildman–Crippen MR) is 118 cm³/mol. The Morgan fingerprint density at radius 3 is 2.35 bits per heavy atom. The van der Waals surface area contributed by atoms with Crippen molar-refractivity contribution in [2.75, 3.05) is 5.48 Å². The highest BCUT2D eigenvalue weighted by Gasteiger charge is 2.37. The molecule has 1 aliphatic rings. The average molecular weight is 424 g/mol. The van der Waals surface area contributed by atoms with E-state index in [-0.39, 0.29) is 23.3 Å². The molecule has 0 atom stereocenters. The van der Waals surface area contributed by atoms with E-state index in [0.29, 0.717) is 5.56 Å². The lowest BCUT2D eigenvalue weighted by molar-refractivity contribution is 0.0856. The maximum Gasteiger partial charge on any atom is 0.223 e. The molecule has 4 rings (SSSR count). The van der Waals surface area contributed by atoms with Gasteiger partial charge in [-0.05, 0) is 25.0 Å². The van der Waals surface area contributed by atoms with Gasteiger partial charge in [-0.2, -0.15) is 0 Å². The van der Waals surface area contributed by atoms with Gasteiger partial charge < -0.3 is 9.63 Å². The zero-order chi connectivity index (χ0) is 22.2. The molecule has 0 aliphatic heterocycles. The topological polar surface area (TPSA) is 101 Å². The minimum Gasteiger partial charge on any atom is -0.493 e. The lowest BCUT2D eigenvalue weighted by Gasteiger charge is -2.26. The third-order valence-corrected chi connectivity index (χ3v) is 6.05. The first-order valence-corrected chi connectivity index (χ1v) is 10.8. The van der Waals surface area contributed by atoms with Crippen LogP contribution in [-0.4, -0.2) is 25.8 Å². The maximum absolute atomic E-state index is 13.4. The fourth-order valence-electron chi connectivity index (χ4n) is 4.46. The Kier molecular flexibility index (Phi) is 5.62. The van der Waals surface area contributed by atoms with Gasteiger partial charge in [0.2, 0.25) is 5.88 Å². The second-order valence-electron chi connectivity index (χ2n) is 9.25. The Balaban J connectivity index is 1.90. The molecule has 0 spiro atoms. The quantitative estimate of drug-likeness (QED) is 0.348. The van der Waals surface area contributed by atoms with Crippen molar-refractivity contribution in [3.05, 3.63) is 47.9 Å². The Bertz CT molecular complexity index is 1050. The highest BCUT2D eigenvalue weighted by atomic mass is 16.5. The van der Waals surface area contributed by atoms with Crippen molar-refractivity contribution in [2.24, 2.45) is 5.41 Å². The number of Topliss-reactive ketones (excluding diaryl/α,β-unsaturated/α-hetero) is 1. The number of ketones is 1. The molecule has 0 unspecified atom stereocenters. The van der Waals surface area contributed by atoms with Crippen molar-refractivity contribution in [1.29, 1.82) is 0 Å². The number of aromatic nitrogens is 2. The van der Waals surface area contributed by atoms with Crippen molar-refractivity contribution in [1.82, 2.24) is 9.72 Å². The van der Waals surface area contributed by atoms with Crippen LogP contribution >= 0.6 is 0 Å². The highest BCUT2D eigenvalue weighted by Crippen LogP contribution is 2.46. The number of nitrogens with zero attached hydrogens (tertiary/aromatic N) is 2. The van der Waals surface area contributed by atoms with Crippen LogP contribution in [0.4, 0.5) is 5.69 Å². The molecular weight excluding hydrogens is 394 g/mol. The van der Waals surface area contributed by atoms with Crippen molar-refractivity contribution in [3.8, 4) is 22.8 Å². The Morgan fingerprint density at radius 2 is 1.81 bits per heavy atom. The molecule has 7 heteroatoms. The lowest BCUT2D eigenvalue weighted by atomic mass is 9.80. The van der Waals surface area contributed by atoms with Gasteiger partial charge in [0.1, 0.15) is 17.6 Å². The molecule has 1 fully saturated rings. The van der Waals surface area contributed by atoms with Crippen LogP contribution < -0.4 is 5.48 Å². The summed E-state index contributed by atoms with van der Waals surface area (Å²) in [5.41, 5.74) is 4.98. The smallest absolute Gasteiger partial charge is 0.223 e. The van der Waals surface area contributed by atoms with E-state index < -0.39 is 5.41 Å². The van der Waals surface area contributed by atoms with Crippen LogP contribution in [0.2, 0.25) is 0 Å². The summed E-state index contributed by atoms with van der Waals surface area (Å²) in [7, 11) is 0. The fourth-order valence-corrected chi connectivity index (χ4v) is 4.46. The molecule has 3 N–H and O–H groups in total. The van der Waals surface area contributed by atoms with E-state index >= 15 is 0 Å². The van der Waals surface area contributed by atoms with Crippen LogP contribution in [0.15, 0.2) is 41.1 Å². The Labute approximate surface area is 181 Å². The number of carbonyl (C=O) groups is 1. The molecule has 3 aromatic rings. The van der Waals surface area contributed by atoms with Gasteiger partial charge in [-0.1, -0.05) is 57.3 Å². The molecule has 31 heavy (non-hydrogen) atoms. The monoisotopic (exact) mass is 423 g/mol. The molecule has 2 heterocycles. The largest absolute Gasteiger partial charge is 0.493 e. The predicted octanol–water partition coefficient (Wildman–Crippen LogP) is 5.92. The molecule has 2 aromatic heterocycles. The van der Waals surface area contributed by atoms with Crippen molar-refractivity contribution < 1.29 is 19.6 Å². The standard InChI is InChI=1S/C24H29N3O4/c1-24(2,3)22(28)19-20(25-30)23(29)27(21(19)16-7-5-4-6-8-16)17-11-9-15(10-12-17)18-13-14-31-26-18/h9-14,16,25,29-30H,4-8H2,1-3H3. The number of nitrogens with one attached hydrogen (secondary N) is 1. The summed E-state index contributed by atoms with van der Waals surface area (Å²) in [6.07, 6.45) is 6.72. The number of carbonyl (C=O) groups excluding carboxylic acids is 1. The molecule has 164 valence electrons. The van der Waals surface area contributed by atoms with Gasteiger partial charge in [-0.15, -0.1) is 0 Å². The van der Waals surface area contributed by atoms with Crippen LogP contribution in [-0.2, 0) is 0 Å². The minimum atomic E-state index is -0.662. The van der Waals surface area contributed by atoms with Crippen molar-refractivity contribution >= 4 is 11.5 Å². The summed E-state index contributed by atoms with van der Waals surface area (Å²) in [4.78, 5) is 13.4. The van der Waals surface area contributed by atoms with E-state index in [1.165, 1.54) is 12.7 Å². The van der Waals surface area contributed by atoms with Gasteiger partial charge in [0.15, 0.2) is 5.78 Å². The number of hydrogen-bond acceptors (Lipinski definition) is 6. The number of rotatable bonds is 5. The summed E-state index contributed by atoms with van der Waals surface area (Å²) in [6, 6.07) is 9.33. The van der Waals surface area contributed by atoms with Crippen LogP contribution in [0.1, 0.15) is 74.8 Å². The first kappa shape index (κ1) is 21.2. The summed E-state index contributed by atoms with van der Waals surface area (Å²) in [6.45, 7) is 5.55. The van der Waals surface area contributed by atoms with Crippen molar-refractivity contribution in [2.45, 2.75) is 58.8 Å². The van der Waals surface area contributed by atoms with Gasteiger partial charge in [0.05, 0.1) is 5.56 Å². The first-order valence-electron chi connectivity index (χ1n) is 10.8. The Hall–Kier alpha value is -3.06. The molecule has 0 saturated heterocycles. The van der Waals surface area contributed by atoms with E-state index in [9.17, 15) is 15.1 Å². The van der Waals surface area contributed by atoms with Crippen LogP contribution in [0.5, 0.6) is 5.88 Å². The zero-order valence-electron chi connectivity index (χ0n) is 18.2. The Morgan fingerprint density at radius 1 is 1.13 bits per heavy atom. The van der Waals surface area contributed by atoms with E-state index in [4.69, 9.17) is 4.52 Å².